The number of nitrogen functional groups attached to an aromatic ring is 1. The van der Waals surface area contributed by atoms with E-state index in [2.05, 4.69) is 22.3 Å². The molecule has 0 atom stereocenters. The molecule has 0 aliphatic rings. The fraction of sp³-hybridized carbons (Fsp3) is 0.455. The molecule has 0 aliphatic carbocycles. The van der Waals surface area contributed by atoms with Gasteiger partial charge in [-0.15, -0.1) is 5.92 Å². The molecule has 0 aliphatic heterocycles. The van der Waals surface area contributed by atoms with Crippen molar-refractivity contribution < 1.29 is 4.79 Å². The summed E-state index contributed by atoms with van der Waals surface area (Å²) in [4.78, 5) is 11.8. The predicted octanol–water partition coefficient (Wildman–Crippen LogP) is 0.318. The lowest BCUT2D eigenvalue weighted by Crippen LogP contribution is -2.26. The van der Waals surface area contributed by atoms with Crippen molar-refractivity contribution in [2.45, 2.75) is 20.3 Å². The number of anilines is 1. The van der Waals surface area contributed by atoms with Gasteiger partial charge < -0.3 is 11.1 Å². The number of hydrogen-bond acceptors (Lipinski definition) is 3. The Labute approximate surface area is 95.0 Å². The summed E-state index contributed by atoms with van der Waals surface area (Å²) in [5.41, 5.74) is 7.43. The monoisotopic (exact) mass is 220 g/mol. The van der Waals surface area contributed by atoms with Crippen LogP contribution in [0.15, 0.2) is 0 Å². The Morgan fingerprint density at radius 3 is 2.81 bits per heavy atom. The van der Waals surface area contributed by atoms with E-state index in [-0.39, 0.29) is 5.91 Å². The second-order valence-electron chi connectivity index (χ2n) is 3.30. The highest BCUT2D eigenvalue weighted by Gasteiger charge is 2.18. The highest BCUT2D eigenvalue weighted by atomic mass is 16.2. The van der Waals surface area contributed by atoms with E-state index in [0.29, 0.717) is 24.3 Å². The number of hydrogen-bond donors (Lipinski definition) is 2. The number of aryl methyl sites for hydroxylation is 2. The molecular weight excluding hydrogens is 204 g/mol. The number of carbonyl (C=O) groups excluding carboxylic acids is 1. The minimum absolute atomic E-state index is 0.241. The standard InChI is InChI=1S/C11H16N4O/c1-4-6-7-13-11(16)10-9(12)8(5-2)14-15(10)3/h5,7,12H2,1-3H3,(H,13,16). The van der Waals surface area contributed by atoms with Gasteiger partial charge in [-0.3, -0.25) is 9.48 Å². The zero-order chi connectivity index (χ0) is 12.1. The Balaban J connectivity index is 2.89. The summed E-state index contributed by atoms with van der Waals surface area (Å²) < 4.78 is 1.50. The Morgan fingerprint density at radius 2 is 2.31 bits per heavy atom. The molecule has 1 aromatic heterocycles. The van der Waals surface area contributed by atoms with Crippen LogP contribution in [-0.4, -0.2) is 22.2 Å². The van der Waals surface area contributed by atoms with Crippen LogP contribution in [0.4, 0.5) is 5.69 Å². The third kappa shape index (κ3) is 2.34. The number of amides is 1. The van der Waals surface area contributed by atoms with Crippen LogP contribution in [0.25, 0.3) is 0 Å². The fourth-order valence-corrected chi connectivity index (χ4v) is 1.42. The second kappa shape index (κ2) is 5.21. The van der Waals surface area contributed by atoms with Crippen LogP contribution in [0.2, 0.25) is 0 Å². The van der Waals surface area contributed by atoms with E-state index in [0.717, 1.165) is 5.69 Å². The molecule has 0 spiro atoms. The first kappa shape index (κ1) is 12.1. The first-order valence-electron chi connectivity index (χ1n) is 5.10. The van der Waals surface area contributed by atoms with Crippen LogP contribution in [0.3, 0.4) is 0 Å². The number of nitrogens with one attached hydrogen (secondary N) is 1. The Kier molecular flexibility index (Phi) is 3.95. The van der Waals surface area contributed by atoms with Gasteiger partial charge in [-0.05, 0) is 13.3 Å². The van der Waals surface area contributed by atoms with Crippen LogP contribution in [0.5, 0.6) is 0 Å². The first-order chi connectivity index (χ1) is 7.61. The van der Waals surface area contributed by atoms with Crippen molar-refractivity contribution in [2.75, 3.05) is 12.3 Å². The van der Waals surface area contributed by atoms with Crippen molar-refractivity contribution in [3.8, 4) is 11.8 Å². The summed E-state index contributed by atoms with van der Waals surface area (Å²) in [7, 11) is 1.70. The van der Waals surface area contributed by atoms with Gasteiger partial charge in [-0.2, -0.15) is 5.10 Å². The summed E-state index contributed by atoms with van der Waals surface area (Å²) in [5.74, 6) is 5.22. The minimum atomic E-state index is -0.241. The molecule has 0 saturated heterocycles. The van der Waals surface area contributed by atoms with Crippen molar-refractivity contribution in [1.82, 2.24) is 15.1 Å². The van der Waals surface area contributed by atoms with Crippen LogP contribution < -0.4 is 11.1 Å². The van der Waals surface area contributed by atoms with Crippen molar-refractivity contribution in [3.63, 3.8) is 0 Å². The fourth-order valence-electron chi connectivity index (χ4n) is 1.42. The molecule has 16 heavy (non-hydrogen) atoms. The van der Waals surface area contributed by atoms with Gasteiger partial charge in [0.1, 0.15) is 5.69 Å². The molecular formula is C11H16N4O. The number of rotatable bonds is 3. The zero-order valence-corrected chi connectivity index (χ0v) is 9.79. The molecule has 1 aromatic rings. The molecule has 0 bridgehead atoms. The van der Waals surface area contributed by atoms with Crippen LogP contribution in [0.1, 0.15) is 30.0 Å². The Hall–Kier alpha value is -1.96. The zero-order valence-electron chi connectivity index (χ0n) is 9.79. The third-order valence-corrected chi connectivity index (χ3v) is 2.22. The van der Waals surface area contributed by atoms with E-state index in [4.69, 9.17) is 5.73 Å². The maximum Gasteiger partial charge on any atom is 0.272 e. The van der Waals surface area contributed by atoms with E-state index in [9.17, 15) is 4.79 Å². The highest BCUT2D eigenvalue weighted by Crippen LogP contribution is 2.16. The summed E-state index contributed by atoms with van der Waals surface area (Å²) >= 11 is 0. The molecule has 1 rings (SSSR count). The molecule has 0 saturated carbocycles. The number of carbonyl (C=O) groups is 1. The lowest BCUT2D eigenvalue weighted by Gasteiger charge is -2.02. The van der Waals surface area contributed by atoms with Gasteiger partial charge in [-0.1, -0.05) is 12.8 Å². The van der Waals surface area contributed by atoms with E-state index < -0.39 is 0 Å². The van der Waals surface area contributed by atoms with E-state index >= 15 is 0 Å². The normalized spacial score (nSPS) is 9.44. The van der Waals surface area contributed by atoms with Crippen molar-refractivity contribution >= 4 is 11.6 Å². The largest absolute Gasteiger partial charge is 0.395 e. The molecule has 1 heterocycles. The van der Waals surface area contributed by atoms with Gasteiger partial charge in [0.05, 0.1) is 17.9 Å². The molecule has 0 aromatic carbocycles. The smallest absolute Gasteiger partial charge is 0.272 e. The van der Waals surface area contributed by atoms with Crippen LogP contribution in [-0.2, 0) is 13.5 Å². The predicted molar refractivity (Wildman–Crippen MR) is 62.8 cm³/mol. The molecule has 0 fully saturated rings. The number of nitrogens with zero attached hydrogens (tertiary/aromatic N) is 2. The van der Waals surface area contributed by atoms with Crippen LogP contribution >= 0.6 is 0 Å². The summed E-state index contributed by atoms with van der Waals surface area (Å²) in [6.07, 6.45) is 0.710. The van der Waals surface area contributed by atoms with Crippen molar-refractivity contribution in [1.29, 1.82) is 0 Å². The number of nitrogens with two attached hydrogens (primary N) is 1. The van der Waals surface area contributed by atoms with Crippen molar-refractivity contribution in [3.05, 3.63) is 11.4 Å². The molecule has 0 radical (unpaired) electrons. The van der Waals surface area contributed by atoms with E-state index in [1.807, 2.05) is 6.92 Å². The molecule has 5 heteroatoms. The highest BCUT2D eigenvalue weighted by molar-refractivity contribution is 5.98. The summed E-state index contributed by atoms with van der Waals surface area (Å²) in [6.45, 7) is 3.99. The minimum Gasteiger partial charge on any atom is -0.395 e. The molecule has 0 unspecified atom stereocenters. The quantitative estimate of drug-likeness (QED) is 0.720. The Morgan fingerprint density at radius 1 is 1.62 bits per heavy atom. The molecule has 5 nitrogen and oxygen atoms in total. The number of aromatic nitrogens is 2. The lowest BCUT2D eigenvalue weighted by atomic mass is 10.2. The maximum absolute atomic E-state index is 11.8. The summed E-state index contributed by atoms with van der Waals surface area (Å²) in [5, 5.41) is 6.84. The SMILES string of the molecule is CC#CCNC(=O)c1c(N)c(CC)nn1C. The first-order valence-corrected chi connectivity index (χ1v) is 5.10. The average molecular weight is 220 g/mol. The summed E-state index contributed by atoms with van der Waals surface area (Å²) in [6, 6.07) is 0. The van der Waals surface area contributed by atoms with Gasteiger partial charge in [0.25, 0.3) is 5.91 Å². The van der Waals surface area contributed by atoms with Gasteiger partial charge in [0, 0.05) is 7.05 Å². The molecule has 1 amide bonds. The maximum atomic E-state index is 11.8. The topological polar surface area (TPSA) is 72.9 Å². The van der Waals surface area contributed by atoms with E-state index in [1.165, 1.54) is 4.68 Å². The van der Waals surface area contributed by atoms with Crippen LogP contribution in [0, 0.1) is 11.8 Å². The second-order valence-corrected chi connectivity index (χ2v) is 3.30. The average Bonchev–Trinajstić information content (AvgIpc) is 2.54. The Bertz CT molecular complexity index is 451. The molecule has 86 valence electrons. The van der Waals surface area contributed by atoms with Gasteiger partial charge in [0.15, 0.2) is 0 Å². The van der Waals surface area contributed by atoms with Gasteiger partial charge in [0.2, 0.25) is 0 Å². The van der Waals surface area contributed by atoms with Crippen molar-refractivity contribution in [2.24, 2.45) is 7.05 Å². The van der Waals surface area contributed by atoms with Gasteiger partial charge in [-0.25, -0.2) is 0 Å². The lowest BCUT2D eigenvalue weighted by molar-refractivity contribution is 0.0950. The third-order valence-electron chi connectivity index (χ3n) is 2.22. The molecule has 3 N–H and O–H groups in total. The van der Waals surface area contributed by atoms with E-state index in [1.54, 1.807) is 14.0 Å². The van der Waals surface area contributed by atoms with Gasteiger partial charge >= 0.3 is 0 Å².